The van der Waals surface area contributed by atoms with Crippen molar-refractivity contribution in [1.82, 2.24) is 5.32 Å². The summed E-state index contributed by atoms with van der Waals surface area (Å²) in [6.07, 6.45) is 7.98. The van der Waals surface area contributed by atoms with E-state index in [1.807, 2.05) is 6.92 Å². The first-order valence-corrected chi connectivity index (χ1v) is 7.28. The van der Waals surface area contributed by atoms with Crippen LogP contribution in [0.1, 0.15) is 52.4 Å². The summed E-state index contributed by atoms with van der Waals surface area (Å²) in [4.78, 5) is 0. The smallest absolute Gasteiger partial charge is 0.0590 e. The number of hydrogen-bond donors (Lipinski definition) is 1. The summed E-state index contributed by atoms with van der Waals surface area (Å²) >= 11 is 0. The van der Waals surface area contributed by atoms with Gasteiger partial charge in [0.25, 0.3) is 0 Å². The minimum Gasteiger partial charge on any atom is -0.380 e. The highest BCUT2D eigenvalue weighted by Gasteiger charge is 1.91. The van der Waals surface area contributed by atoms with Gasteiger partial charge in [-0.25, -0.2) is 0 Å². The van der Waals surface area contributed by atoms with Crippen LogP contribution in [0.4, 0.5) is 0 Å². The number of rotatable bonds is 14. The summed E-state index contributed by atoms with van der Waals surface area (Å²) in [5.41, 5.74) is 0. The molecule has 0 unspecified atom stereocenters. The van der Waals surface area contributed by atoms with E-state index in [2.05, 4.69) is 12.2 Å². The van der Waals surface area contributed by atoms with E-state index in [1.165, 1.54) is 38.5 Å². The lowest BCUT2D eigenvalue weighted by atomic mass is 10.1. The van der Waals surface area contributed by atoms with Crippen LogP contribution in [0.2, 0.25) is 0 Å². The van der Waals surface area contributed by atoms with Gasteiger partial charge in [-0.1, -0.05) is 39.0 Å². The maximum absolute atomic E-state index is 5.54. The molecule has 0 atom stereocenters. The molecular weight excluding hydrogens is 214 g/mol. The molecule has 0 aromatic heterocycles. The SMILES string of the molecule is CCCCCCCCOCCNCCOCC. The third-order valence-electron chi connectivity index (χ3n) is 2.69. The zero-order valence-corrected chi connectivity index (χ0v) is 11.8. The molecule has 0 amide bonds. The molecule has 0 rings (SSSR count). The molecular formula is C14H31NO2. The molecule has 0 saturated carbocycles. The minimum absolute atomic E-state index is 0.800. The predicted octanol–water partition coefficient (Wildman–Crippen LogP) is 2.99. The highest BCUT2D eigenvalue weighted by Crippen LogP contribution is 2.04. The molecule has 0 aliphatic heterocycles. The van der Waals surface area contributed by atoms with Gasteiger partial charge in [-0.3, -0.25) is 0 Å². The molecule has 17 heavy (non-hydrogen) atoms. The van der Waals surface area contributed by atoms with Crippen molar-refractivity contribution < 1.29 is 9.47 Å². The molecule has 0 heterocycles. The summed E-state index contributed by atoms with van der Waals surface area (Å²) in [6, 6.07) is 0. The lowest BCUT2D eigenvalue weighted by molar-refractivity contribution is 0.123. The fraction of sp³-hybridized carbons (Fsp3) is 1.00. The van der Waals surface area contributed by atoms with E-state index in [0.717, 1.165) is 39.5 Å². The Bertz CT molecular complexity index is 117. The summed E-state index contributed by atoms with van der Waals surface area (Å²) in [6.45, 7) is 9.47. The van der Waals surface area contributed by atoms with Crippen LogP contribution in [-0.4, -0.2) is 39.5 Å². The molecule has 3 heteroatoms. The lowest BCUT2D eigenvalue weighted by Crippen LogP contribution is -2.24. The molecule has 0 saturated heterocycles. The van der Waals surface area contributed by atoms with E-state index in [1.54, 1.807) is 0 Å². The van der Waals surface area contributed by atoms with E-state index < -0.39 is 0 Å². The second-order valence-electron chi connectivity index (χ2n) is 4.33. The molecule has 0 aliphatic rings. The number of unbranched alkanes of at least 4 members (excludes halogenated alkanes) is 5. The van der Waals surface area contributed by atoms with Crippen LogP contribution >= 0.6 is 0 Å². The fourth-order valence-electron chi connectivity index (χ4n) is 1.64. The van der Waals surface area contributed by atoms with Crippen LogP contribution in [-0.2, 0) is 9.47 Å². The summed E-state index contributed by atoms with van der Waals surface area (Å²) in [5, 5.41) is 3.29. The van der Waals surface area contributed by atoms with Gasteiger partial charge in [-0.05, 0) is 13.3 Å². The summed E-state index contributed by atoms with van der Waals surface area (Å²) < 4.78 is 10.8. The molecule has 0 aromatic carbocycles. The van der Waals surface area contributed by atoms with Gasteiger partial charge in [-0.15, -0.1) is 0 Å². The van der Waals surface area contributed by atoms with Crippen LogP contribution < -0.4 is 5.32 Å². The van der Waals surface area contributed by atoms with Crippen LogP contribution in [0, 0.1) is 0 Å². The molecule has 0 aromatic rings. The minimum atomic E-state index is 0.800. The molecule has 104 valence electrons. The van der Waals surface area contributed by atoms with Crippen molar-refractivity contribution in [2.45, 2.75) is 52.4 Å². The number of ether oxygens (including phenoxy) is 2. The first-order chi connectivity index (χ1) is 8.41. The zero-order chi connectivity index (χ0) is 12.6. The average Bonchev–Trinajstić information content (AvgIpc) is 2.35. The predicted molar refractivity (Wildman–Crippen MR) is 73.6 cm³/mol. The Balaban J connectivity index is 2.85. The normalized spacial score (nSPS) is 10.9. The molecule has 0 bridgehead atoms. The lowest BCUT2D eigenvalue weighted by Gasteiger charge is -2.06. The van der Waals surface area contributed by atoms with Gasteiger partial charge in [-0.2, -0.15) is 0 Å². The van der Waals surface area contributed by atoms with Gasteiger partial charge in [0, 0.05) is 26.3 Å². The monoisotopic (exact) mass is 245 g/mol. The van der Waals surface area contributed by atoms with Crippen molar-refractivity contribution in [3.05, 3.63) is 0 Å². The van der Waals surface area contributed by atoms with E-state index in [4.69, 9.17) is 9.47 Å². The van der Waals surface area contributed by atoms with Gasteiger partial charge in [0.05, 0.1) is 13.2 Å². The van der Waals surface area contributed by atoms with Gasteiger partial charge >= 0.3 is 0 Å². The quantitative estimate of drug-likeness (QED) is 0.477. The standard InChI is InChI=1S/C14H31NO2/c1-3-5-6-7-8-9-12-17-14-11-15-10-13-16-4-2/h15H,3-14H2,1-2H3. The van der Waals surface area contributed by atoms with Gasteiger partial charge in [0.2, 0.25) is 0 Å². The van der Waals surface area contributed by atoms with Crippen molar-refractivity contribution in [3.63, 3.8) is 0 Å². The maximum atomic E-state index is 5.54. The van der Waals surface area contributed by atoms with Gasteiger partial charge in [0.15, 0.2) is 0 Å². The van der Waals surface area contributed by atoms with Crippen LogP contribution in [0.5, 0.6) is 0 Å². The largest absolute Gasteiger partial charge is 0.380 e. The molecule has 0 fully saturated rings. The van der Waals surface area contributed by atoms with E-state index in [9.17, 15) is 0 Å². The Hall–Kier alpha value is -0.120. The topological polar surface area (TPSA) is 30.5 Å². The number of nitrogens with one attached hydrogen (secondary N) is 1. The van der Waals surface area contributed by atoms with Crippen LogP contribution in [0.15, 0.2) is 0 Å². The van der Waals surface area contributed by atoms with E-state index >= 15 is 0 Å². The zero-order valence-electron chi connectivity index (χ0n) is 11.8. The highest BCUT2D eigenvalue weighted by molar-refractivity contribution is 4.46. The van der Waals surface area contributed by atoms with E-state index in [0.29, 0.717) is 0 Å². The Morgan fingerprint density at radius 1 is 0.706 bits per heavy atom. The fourth-order valence-corrected chi connectivity index (χ4v) is 1.64. The van der Waals surface area contributed by atoms with E-state index in [-0.39, 0.29) is 0 Å². The Kier molecular flexibility index (Phi) is 15.8. The van der Waals surface area contributed by atoms with Crippen molar-refractivity contribution in [2.24, 2.45) is 0 Å². The molecule has 0 radical (unpaired) electrons. The maximum Gasteiger partial charge on any atom is 0.0590 e. The van der Waals surface area contributed by atoms with Crippen molar-refractivity contribution >= 4 is 0 Å². The van der Waals surface area contributed by atoms with Gasteiger partial charge in [0.1, 0.15) is 0 Å². The molecule has 1 N–H and O–H groups in total. The first kappa shape index (κ1) is 16.9. The Labute approximate surface area is 107 Å². The van der Waals surface area contributed by atoms with Crippen molar-refractivity contribution in [2.75, 3.05) is 39.5 Å². The molecule has 3 nitrogen and oxygen atoms in total. The van der Waals surface area contributed by atoms with Crippen molar-refractivity contribution in [3.8, 4) is 0 Å². The van der Waals surface area contributed by atoms with Gasteiger partial charge < -0.3 is 14.8 Å². The summed E-state index contributed by atoms with van der Waals surface area (Å²) in [5.74, 6) is 0. The highest BCUT2D eigenvalue weighted by atomic mass is 16.5. The van der Waals surface area contributed by atoms with Crippen LogP contribution in [0.25, 0.3) is 0 Å². The van der Waals surface area contributed by atoms with Crippen molar-refractivity contribution in [1.29, 1.82) is 0 Å². The Morgan fingerprint density at radius 2 is 1.35 bits per heavy atom. The summed E-state index contributed by atoms with van der Waals surface area (Å²) in [7, 11) is 0. The van der Waals surface area contributed by atoms with Crippen LogP contribution in [0.3, 0.4) is 0 Å². The molecule has 0 aliphatic carbocycles. The number of hydrogen-bond acceptors (Lipinski definition) is 3. The Morgan fingerprint density at radius 3 is 2.06 bits per heavy atom. The second kappa shape index (κ2) is 15.9. The first-order valence-electron chi connectivity index (χ1n) is 7.28. The second-order valence-corrected chi connectivity index (χ2v) is 4.33. The third kappa shape index (κ3) is 15.9. The average molecular weight is 245 g/mol. The third-order valence-corrected chi connectivity index (χ3v) is 2.69. The molecule has 0 spiro atoms.